The van der Waals surface area contributed by atoms with Gasteiger partial charge >= 0.3 is 0 Å². The molecule has 0 aliphatic carbocycles. The number of β-lactam (4-membered cyclic amide) rings is 1. The van der Waals surface area contributed by atoms with E-state index in [9.17, 15) is 9.90 Å². The zero-order valence-corrected chi connectivity index (χ0v) is 16.0. The largest absolute Gasteiger partial charge is 0.508 e. The van der Waals surface area contributed by atoms with Crippen LogP contribution in [0.5, 0.6) is 5.75 Å². The van der Waals surface area contributed by atoms with E-state index in [2.05, 4.69) is 9.97 Å². The van der Waals surface area contributed by atoms with E-state index in [0.29, 0.717) is 11.2 Å². The molecule has 2 aromatic carbocycles. The number of phenols is 1. The molecule has 142 valence electrons. The van der Waals surface area contributed by atoms with Crippen molar-refractivity contribution in [2.45, 2.75) is 11.4 Å². The van der Waals surface area contributed by atoms with Gasteiger partial charge in [0.2, 0.25) is 5.91 Å². The van der Waals surface area contributed by atoms with Crippen LogP contribution in [0.2, 0.25) is 0 Å². The summed E-state index contributed by atoms with van der Waals surface area (Å²) in [4.78, 5) is 23.0. The number of rotatable bonds is 3. The Morgan fingerprint density at radius 1 is 0.931 bits per heavy atom. The Hall–Kier alpha value is -3.44. The molecule has 1 N–H and O–H groups in total. The molecule has 0 bridgehead atoms. The highest BCUT2D eigenvalue weighted by atomic mass is 35.5. The number of carbonyl (C=O) groups is 1. The summed E-state index contributed by atoms with van der Waals surface area (Å²) in [6.07, 6.45) is 1.72. The lowest BCUT2D eigenvalue weighted by molar-refractivity contribution is -0.123. The van der Waals surface area contributed by atoms with E-state index in [-0.39, 0.29) is 11.7 Å². The Morgan fingerprint density at radius 2 is 1.72 bits per heavy atom. The van der Waals surface area contributed by atoms with Crippen LogP contribution in [0.3, 0.4) is 0 Å². The van der Waals surface area contributed by atoms with E-state index in [4.69, 9.17) is 11.6 Å². The molecule has 0 saturated carbocycles. The first-order chi connectivity index (χ1) is 14.1. The number of aromatic hydroxyl groups is 1. The number of para-hydroxylation sites is 1. The number of nitrogens with zero attached hydrogens (tertiary/aromatic N) is 3. The number of phenolic OH excluding ortho intramolecular Hbond substituents is 1. The van der Waals surface area contributed by atoms with Gasteiger partial charge in [-0.15, -0.1) is 11.6 Å². The summed E-state index contributed by atoms with van der Waals surface area (Å²) in [6.45, 7) is 0. The molecule has 6 heteroatoms. The van der Waals surface area contributed by atoms with E-state index in [0.717, 1.165) is 22.3 Å². The number of aromatic nitrogens is 2. The quantitative estimate of drug-likeness (QED) is 0.399. The molecule has 2 aromatic heterocycles. The molecular formula is C23H16ClN3O2. The zero-order chi connectivity index (χ0) is 20.0. The first-order valence-corrected chi connectivity index (χ1v) is 9.64. The summed E-state index contributed by atoms with van der Waals surface area (Å²) in [5.41, 5.74) is 3.79. The number of anilines is 1. The van der Waals surface area contributed by atoms with E-state index >= 15 is 0 Å². The molecule has 0 spiro atoms. The molecule has 3 heterocycles. The summed E-state index contributed by atoms with van der Waals surface area (Å²) in [7, 11) is 0. The lowest BCUT2D eigenvalue weighted by Gasteiger charge is -2.44. The van der Waals surface area contributed by atoms with Gasteiger partial charge in [-0.1, -0.05) is 30.3 Å². The third-order valence-corrected chi connectivity index (χ3v) is 5.61. The average Bonchev–Trinajstić information content (AvgIpc) is 2.77. The first kappa shape index (κ1) is 17.6. The van der Waals surface area contributed by atoms with Gasteiger partial charge in [-0.3, -0.25) is 4.79 Å². The Balaban J connectivity index is 1.47. The highest BCUT2D eigenvalue weighted by molar-refractivity contribution is 6.37. The third-order valence-electron chi connectivity index (χ3n) is 5.19. The second-order valence-corrected chi connectivity index (χ2v) is 7.38. The summed E-state index contributed by atoms with van der Waals surface area (Å²) in [5, 5.41) is 10.5. The Kier molecular flexibility index (Phi) is 4.18. The molecule has 1 saturated heterocycles. The minimum Gasteiger partial charge on any atom is -0.508 e. The van der Waals surface area contributed by atoms with E-state index < -0.39 is 11.4 Å². The number of hydrogen-bond acceptors (Lipinski definition) is 4. The van der Waals surface area contributed by atoms with Crippen molar-refractivity contribution in [2.75, 3.05) is 4.90 Å². The minimum atomic E-state index is -0.698. The standard InChI is InChI=1S/C23H16ClN3O2/c24-20-21(17-5-1-2-6-19(17)28)27(23(20)29)16-10-7-14(8-11-16)18-12-9-15-4-3-13-25-22(15)26-18/h1-13,20-21,28H. The third kappa shape index (κ3) is 2.91. The van der Waals surface area contributed by atoms with E-state index in [1.807, 2.05) is 54.6 Å². The molecule has 1 fully saturated rings. The number of hydrogen-bond donors (Lipinski definition) is 1. The van der Waals surface area contributed by atoms with E-state index in [1.165, 1.54) is 0 Å². The summed E-state index contributed by atoms with van der Waals surface area (Å²) < 4.78 is 0. The van der Waals surface area contributed by atoms with Crippen molar-refractivity contribution in [3.05, 3.63) is 84.6 Å². The number of alkyl halides is 1. The topological polar surface area (TPSA) is 66.3 Å². The minimum absolute atomic E-state index is 0.130. The maximum Gasteiger partial charge on any atom is 0.248 e. The second-order valence-electron chi connectivity index (χ2n) is 6.91. The van der Waals surface area contributed by atoms with Crippen LogP contribution in [-0.4, -0.2) is 26.4 Å². The number of amides is 1. The second kappa shape index (κ2) is 6.87. The van der Waals surface area contributed by atoms with Gasteiger partial charge in [-0.25, -0.2) is 9.97 Å². The zero-order valence-electron chi connectivity index (χ0n) is 15.2. The van der Waals surface area contributed by atoms with Crippen molar-refractivity contribution < 1.29 is 9.90 Å². The highest BCUT2D eigenvalue weighted by Crippen LogP contribution is 2.44. The Labute approximate surface area is 172 Å². The van der Waals surface area contributed by atoms with Crippen LogP contribution >= 0.6 is 11.6 Å². The first-order valence-electron chi connectivity index (χ1n) is 9.21. The van der Waals surface area contributed by atoms with Crippen LogP contribution < -0.4 is 4.90 Å². The molecule has 5 nitrogen and oxygen atoms in total. The van der Waals surface area contributed by atoms with E-state index in [1.54, 1.807) is 29.3 Å². The summed E-state index contributed by atoms with van der Waals surface area (Å²) in [6, 6.07) is 21.9. The molecular weight excluding hydrogens is 386 g/mol. The maximum absolute atomic E-state index is 12.5. The maximum atomic E-state index is 12.5. The molecule has 5 rings (SSSR count). The average molecular weight is 402 g/mol. The summed E-state index contributed by atoms with van der Waals surface area (Å²) in [5.74, 6) is -0.0502. The van der Waals surface area contributed by atoms with Gasteiger partial charge in [0, 0.05) is 28.4 Å². The predicted molar refractivity (Wildman–Crippen MR) is 113 cm³/mol. The number of fused-ring (bicyclic) bond motifs is 1. The lowest BCUT2D eigenvalue weighted by atomic mass is 9.91. The molecule has 1 aliphatic heterocycles. The normalized spacial score (nSPS) is 18.7. The number of pyridine rings is 2. The van der Waals surface area contributed by atoms with Gasteiger partial charge < -0.3 is 10.0 Å². The molecule has 2 atom stereocenters. The van der Waals surface area contributed by atoms with Crippen molar-refractivity contribution in [3.63, 3.8) is 0 Å². The van der Waals surface area contributed by atoms with Crippen LogP contribution in [0, 0.1) is 0 Å². The van der Waals surface area contributed by atoms with Gasteiger partial charge in [-0.2, -0.15) is 0 Å². The molecule has 0 radical (unpaired) electrons. The number of benzene rings is 2. The SMILES string of the molecule is O=C1C(Cl)C(c2ccccc2O)N1c1ccc(-c2ccc3cccnc3n2)cc1. The fraction of sp³-hybridized carbons (Fsp3) is 0.0870. The Bertz CT molecular complexity index is 1230. The molecule has 4 aromatic rings. The molecule has 2 unspecified atom stereocenters. The van der Waals surface area contributed by atoms with Crippen LogP contribution in [-0.2, 0) is 4.79 Å². The monoisotopic (exact) mass is 401 g/mol. The van der Waals surface area contributed by atoms with Crippen molar-refractivity contribution in [3.8, 4) is 17.0 Å². The van der Waals surface area contributed by atoms with Gasteiger partial charge in [0.1, 0.15) is 11.1 Å². The predicted octanol–water partition coefficient (Wildman–Crippen LogP) is 4.70. The van der Waals surface area contributed by atoms with Crippen molar-refractivity contribution in [1.29, 1.82) is 0 Å². The van der Waals surface area contributed by atoms with Crippen LogP contribution in [0.1, 0.15) is 11.6 Å². The van der Waals surface area contributed by atoms with Gasteiger partial charge in [0.25, 0.3) is 0 Å². The van der Waals surface area contributed by atoms with Crippen LogP contribution in [0.4, 0.5) is 5.69 Å². The smallest absolute Gasteiger partial charge is 0.248 e. The lowest BCUT2D eigenvalue weighted by Crippen LogP contribution is -2.56. The van der Waals surface area contributed by atoms with Gasteiger partial charge in [-0.05, 0) is 42.5 Å². The van der Waals surface area contributed by atoms with Gasteiger partial charge in [0.15, 0.2) is 5.65 Å². The fourth-order valence-corrected chi connectivity index (χ4v) is 4.04. The summed E-state index contributed by atoms with van der Waals surface area (Å²) >= 11 is 6.28. The number of carbonyl (C=O) groups excluding carboxylic acids is 1. The molecule has 1 amide bonds. The Morgan fingerprint density at radius 3 is 2.52 bits per heavy atom. The van der Waals surface area contributed by atoms with Crippen molar-refractivity contribution in [1.82, 2.24) is 9.97 Å². The van der Waals surface area contributed by atoms with Crippen molar-refractivity contribution in [2.24, 2.45) is 0 Å². The van der Waals surface area contributed by atoms with Gasteiger partial charge in [0.05, 0.1) is 11.7 Å². The van der Waals surface area contributed by atoms with Crippen LogP contribution in [0.25, 0.3) is 22.3 Å². The van der Waals surface area contributed by atoms with Crippen LogP contribution in [0.15, 0.2) is 79.0 Å². The molecule has 1 aliphatic rings. The number of halogens is 1. The highest BCUT2D eigenvalue weighted by Gasteiger charge is 2.48. The molecule has 29 heavy (non-hydrogen) atoms. The van der Waals surface area contributed by atoms with Crippen molar-refractivity contribution >= 4 is 34.2 Å². The fourth-order valence-electron chi connectivity index (χ4n) is 3.68.